The fraction of sp³-hybridized carbons (Fsp3) is 0.480. The molecule has 0 saturated heterocycles. The molecule has 10 N–H and O–H groups in total. The van der Waals surface area contributed by atoms with Crippen molar-refractivity contribution < 1.29 is 34.2 Å². The van der Waals surface area contributed by atoms with Gasteiger partial charge in [0.1, 0.15) is 12.1 Å². The van der Waals surface area contributed by atoms with E-state index in [1.165, 1.54) is 0 Å². The molecule has 4 amide bonds. The zero-order chi connectivity index (χ0) is 28.6. The number of nitrogens with two attached hydrogens (primary N) is 2. The number of hydrogen-bond donors (Lipinski definition) is 8. The van der Waals surface area contributed by atoms with E-state index in [-0.39, 0.29) is 12.3 Å². The quantitative estimate of drug-likeness (QED) is 0.148. The molecule has 0 aliphatic rings. The average Bonchev–Trinajstić information content (AvgIpc) is 3.27. The van der Waals surface area contributed by atoms with Gasteiger partial charge in [-0.1, -0.05) is 38.5 Å². The van der Waals surface area contributed by atoms with Crippen LogP contribution in [0.5, 0.6) is 0 Å². The van der Waals surface area contributed by atoms with Gasteiger partial charge in [-0.15, -0.1) is 0 Å². The minimum Gasteiger partial charge on any atom is -0.480 e. The number of H-pyrrole nitrogens is 1. The van der Waals surface area contributed by atoms with Crippen molar-refractivity contribution >= 4 is 40.5 Å². The molecule has 6 atom stereocenters. The first-order chi connectivity index (χ1) is 17.8. The minimum absolute atomic E-state index is 0.0190. The van der Waals surface area contributed by atoms with E-state index in [2.05, 4.69) is 20.9 Å². The Morgan fingerprint density at radius 2 is 1.58 bits per heavy atom. The standard InChI is InChI=1S/C25H36N6O7/c1-4-12(2)20(27)24(36)30-17(9-14-11-28-16-8-6-5-7-15(14)16)22(34)29-18(10-19(26)33)23(35)31-21(13(3)32)25(37)38/h5-8,11-13,17-18,20-21,28,32H,4,9-10,27H2,1-3H3,(H2,26,33)(H,29,34)(H,30,36)(H,31,35)(H,37,38). The number of carboxylic acids is 1. The van der Waals surface area contributed by atoms with E-state index < -0.39 is 66.3 Å². The summed E-state index contributed by atoms with van der Waals surface area (Å²) in [6.07, 6.45) is 0.231. The smallest absolute Gasteiger partial charge is 0.328 e. The summed E-state index contributed by atoms with van der Waals surface area (Å²) in [4.78, 5) is 65.1. The maximum atomic E-state index is 13.4. The van der Waals surface area contributed by atoms with Crippen LogP contribution in [0, 0.1) is 5.92 Å². The number of carbonyl (C=O) groups excluding carboxylic acids is 4. The van der Waals surface area contributed by atoms with Gasteiger partial charge in [0.15, 0.2) is 6.04 Å². The molecule has 38 heavy (non-hydrogen) atoms. The Bertz CT molecular complexity index is 1160. The lowest BCUT2D eigenvalue weighted by Gasteiger charge is -2.26. The Hall–Kier alpha value is -3.97. The molecule has 13 heteroatoms. The monoisotopic (exact) mass is 532 g/mol. The van der Waals surface area contributed by atoms with E-state index in [0.29, 0.717) is 12.0 Å². The Balaban J connectivity index is 2.33. The molecule has 0 spiro atoms. The number of carboxylic acid groups (broad SMARTS) is 1. The summed E-state index contributed by atoms with van der Waals surface area (Å²) in [7, 11) is 0. The number of benzene rings is 1. The van der Waals surface area contributed by atoms with E-state index in [0.717, 1.165) is 17.8 Å². The van der Waals surface area contributed by atoms with Crippen molar-refractivity contribution in [2.45, 2.75) is 70.3 Å². The van der Waals surface area contributed by atoms with Crippen LogP contribution in [-0.2, 0) is 30.4 Å². The first-order valence-corrected chi connectivity index (χ1v) is 12.3. The number of amides is 4. The lowest BCUT2D eigenvalue weighted by molar-refractivity contribution is -0.145. The van der Waals surface area contributed by atoms with Gasteiger partial charge >= 0.3 is 5.97 Å². The number of para-hydroxylation sites is 1. The number of nitrogens with one attached hydrogen (secondary N) is 4. The van der Waals surface area contributed by atoms with Crippen molar-refractivity contribution in [1.82, 2.24) is 20.9 Å². The van der Waals surface area contributed by atoms with Crippen LogP contribution in [-0.4, -0.2) is 75.1 Å². The van der Waals surface area contributed by atoms with Crippen LogP contribution in [0.2, 0.25) is 0 Å². The highest BCUT2D eigenvalue weighted by Crippen LogP contribution is 2.19. The predicted octanol–water partition coefficient (Wildman–Crippen LogP) is -1.12. The molecule has 2 aromatic rings. The maximum Gasteiger partial charge on any atom is 0.328 e. The topological polar surface area (TPSA) is 230 Å². The number of aromatic nitrogens is 1. The van der Waals surface area contributed by atoms with Crippen LogP contribution in [0.1, 0.15) is 39.2 Å². The molecular formula is C25H36N6O7. The van der Waals surface area contributed by atoms with Gasteiger partial charge in [0.25, 0.3) is 0 Å². The third-order valence-corrected chi connectivity index (χ3v) is 6.38. The number of primary amides is 1. The Morgan fingerprint density at radius 3 is 2.16 bits per heavy atom. The van der Waals surface area contributed by atoms with Crippen molar-refractivity contribution in [3.05, 3.63) is 36.0 Å². The van der Waals surface area contributed by atoms with Gasteiger partial charge in [-0.25, -0.2) is 4.79 Å². The van der Waals surface area contributed by atoms with E-state index in [1.54, 1.807) is 13.1 Å². The van der Waals surface area contributed by atoms with E-state index >= 15 is 0 Å². The van der Waals surface area contributed by atoms with Crippen molar-refractivity contribution in [3.63, 3.8) is 0 Å². The van der Waals surface area contributed by atoms with E-state index in [4.69, 9.17) is 11.5 Å². The number of aromatic amines is 1. The molecule has 208 valence electrons. The van der Waals surface area contributed by atoms with Gasteiger partial charge < -0.3 is 42.6 Å². The second-order valence-electron chi connectivity index (χ2n) is 9.33. The molecule has 1 aromatic carbocycles. The zero-order valence-electron chi connectivity index (χ0n) is 21.6. The highest BCUT2D eigenvalue weighted by atomic mass is 16.4. The number of aliphatic carboxylic acids is 1. The molecule has 2 rings (SSSR count). The van der Waals surface area contributed by atoms with Gasteiger partial charge in [0.2, 0.25) is 23.6 Å². The van der Waals surface area contributed by atoms with Gasteiger partial charge in [0, 0.05) is 23.5 Å². The first-order valence-electron chi connectivity index (χ1n) is 12.3. The molecular weight excluding hydrogens is 496 g/mol. The summed E-state index contributed by atoms with van der Waals surface area (Å²) in [5.74, 6) is -5.06. The predicted molar refractivity (Wildman–Crippen MR) is 138 cm³/mol. The summed E-state index contributed by atoms with van der Waals surface area (Å²) < 4.78 is 0. The summed E-state index contributed by atoms with van der Waals surface area (Å²) >= 11 is 0. The maximum absolute atomic E-state index is 13.4. The molecule has 1 aromatic heterocycles. The Labute approximate surface area is 219 Å². The third kappa shape index (κ3) is 8.02. The molecule has 0 bridgehead atoms. The van der Waals surface area contributed by atoms with Crippen molar-refractivity contribution in [2.24, 2.45) is 17.4 Å². The van der Waals surface area contributed by atoms with Gasteiger partial charge in [0.05, 0.1) is 18.6 Å². The molecule has 0 aliphatic carbocycles. The molecule has 6 unspecified atom stereocenters. The highest BCUT2D eigenvalue weighted by molar-refractivity contribution is 5.96. The van der Waals surface area contributed by atoms with Crippen LogP contribution in [0.15, 0.2) is 30.5 Å². The Kier molecular flexibility index (Phi) is 10.8. The van der Waals surface area contributed by atoms with Gasteiger partial charge in [-0.2, -0.15) is 0 Å². The molecule has 0 fully saturated rings. The largest absolute Gasteiger partial charge is 0.480 e. The lowest BCUT2D eigenvalue weighted by atomic mass is 9.98. The Morgan fingerprint density at radius 1 is 0.974 bits per heavy atom. The fourth-order valence-electron chi connectivity index (χ4n) is 3.84. The van der Waals surface area contributed by atoms with Crippen LogP contribution in [0.4, 0.5) is 0 Å². The number of aliphatic hydroxyl groups excluding tert-OH is 1. The van der Waals surface area contributed by atoms with Crippen molar-refractivity contribution in [1.29, 1.82) is 0 Å². The number of aliphatic hydroxyl groups is 1. The highest BCUT2D eigenvalue weighted by Gasteiger charge is 2.33. The van der Waals surface area contributed by atoms with Gasteiger partial charge in [-0.3, -0.25) is 19.2 Å². The fourth-order valence-corrected chi connectivity index (χ4v) is 3.84. The zero-order valence-corrected chi connectivity index (χ0v) is 21.6. The van der Waals surface area contributed by atoms with E-state index in [1.807, 2.05) is 31.2 Å². The first kappa shape index (κ1) is 30.3. The van der Waals surface area contributed by atoms with Crippen LogP contribution in [0.25, 0.3) is 10.9 Å². The summed E-state index contributed by atoms with van der Waals surface area (Å²) in [5, 5.41) is 26.9. The summed E-state index contributed by atoms with van der Waals surface area (Å²) in [6.45, 7) is 4.83. The third-order valence-electron chi connectivity index (χ3n) is 6.38. The second-order valence-corrected chi connectivity index (χ2v) is 9.33. The van der Waals surface area contributed by atoms with Crippen LogP contribution >= 0.6 is 0 Å². The van der Waals surface area contributed by atoms with Crippen molar-refractivity contribution in [3.8, 4) is 0 Å². The summed E-state index contributed by atoms with van der Waals surface area (Å²) in [6, 6.07) is 1.99. The SMILES string of the molecule is CCC(C)C(N)C(=O)NC(Cc1c[nH]c2ccccc12)C(=O)NC(CC(N)=O)C(=O)NC(C(=O)O)C(C)O. The molecule has 0 aliphatic heterocycles. The normalized spacial score (nSPS) is 15.9. The number of carbonyl (C=O) groups is 5. The number of rotatable bonds is 14. The molecule has 1 heterocycles. The van der Waals surface area contributed by atoms with Crippen LogP contribution in [0.3, 0.4) is 0 Å². The van der Waals surface area contributed by atoms with Crippen LogP contribution < -0.4 is 27.4 Å². The lowest BCUT2D eigenvalue weighted by Crippen LogP contribution is -2.59. The molecule has 13 nitrogen and oxygen atoms in total. The number of hydrogen-bond acceptors (Lipinski definition) is 7. The summed E-state index contributed by atoms with van der Waals surface area (Å²) in [5.41, 5.74) is 12.8. The minimum atomic E-state index is -1.69. The van der Waals surface area contributed by atoms with E-state index in [9.17, 15) is 34.2 Å². The number of fused-ring (bicyclic) bond motifs is 1. The molecule has 0 radical (unpaired) electrons. The van der Waals surface area contributed by atoms with Crippen molar-refractivity contribution in [2.75, 3.05) is 0 Å². The average molecular weight is 533 g/mol. The molecule has 0 saturated carbocycles. The second kappa shape index (κ2) is 13.5. The van der Waals surface area contributed by atoms with Gasteiger partial charge in [-0.05, 0) is 24.5 Å².